The Morgan fingerprint density at radius 3 is 2.41 bits per heavy atom. The molecule has 2 N–H and O–H groups in total. The van der Waals surface area contributed by atoms with Crippen LogP contribution in [0.15, 0.2) is 41.5 Å². The van der Waals surface area contributed by atoms with Gasteiger partial charge in [0.25, 0.3) is 0 Å². The number of hydrazone groups is 1. The summed E-state index contributed by atoms with van der Waals surface area (Å²) < 4.78 is 0. The fourth-order valence-corrected chi connectivity index (χ4v) is 2.48. The van der Waals surface area contributed by atoms with Crippen molar-refractivity contribution in [3.63, 3.8) is 0 Å². The van der Waals surface area contributed by atoms with Crippen LogP contribution in [0.25, 0.3) is 0 Å². The zero-order chi connectivity index (χ0) is 16.1. The van der Waals surface area contributed by atoms with Gasteiger partial charge in [0, 0.05) is 11.3 Å². The van der Waals surface area contributed by atoms with E-state index in [4.69, 9.17) is 35.4 Å². The highest BCUT2D eigenvalue weighted by Gasteiger charge is 2.03. The van der Waals surface area contributed by atoms with Crippen molar-refractivity contribution >= 4 is 52.4 Å². The van der Waals surface area contributed by atoms with Gasteiger partial charge in [-0.05, 0) is 55.4 Å². The van der Waals surface area contributed by atoms with Crippen LogP contribution in [0.2, 0.25) is 10.0 Å². The SMILES string of the molecule is Cc1cccc(NC(=S)N/N=C\c2c(Cl)cccc2Cl)c1C. The van der Waals surface area contributed by atoms with Gasteiger partial charge < -0.3 is 5.32 Å². The van der Waals surface area contributed by atoms with E-state index in [1.54, 1.807) is 24.4 Å². The highest BCUT2D eigenvalue weighted by Crippen LogP contribution is 2.22. The van der Waals surface area contributed by atoms with E-state index in [9.17, 15) is 0 Å². The Morgan fingerprint density at radius 2 is 1.73 bits per heavy atom. The van der Waals surface area contributed by atoms with Gasteiger partial charge in [-0.15, -0.1) is 0 Å². The Balaban J connectivity index is 2.01. The molecule has 0 bridgehead atoms. The molecule has 0 aliphatic heterocycles. The first-order valence-electron chi connectivity index (χ1n) is 6.59. The molecule has 22 heavy (non-hydrogen) atoms. The molecule has 0 heterocycles. The molecule has 3 nitrogen and oxygen atoms in total. The number of hydrogen-bond donors (Lipinski definition) is 2. The summed E-state index contributed by atoms with van der Waals surface area (Å²) in [5.41, 5.74) is 6.68. The highest BCUT2D eigenvalue weighted by molar-refractivity contribution is 7.80. The standard InChI is InChI=1S/C16H15Cl2N3S/c1-10-5-3-8-15(11(10)2)20-16(22)21-19-9-12-13(17)6-4-7-14(12)18/h3-9H,1-2H3,(H2,20,21,22)/b19-9-. The summed E-state index contributed by atoms with van der Waals surface area (Å²) in [5, 5.41) is 8.63. The van der Waals surface area contributed by atoms with Crippen molar-refractivity contribution < 1.29 is 0 Å². The van der Waals surface area contributed by atoms with Crippen LogP contribution in [-0.4, -0.2) is 11.3 Å². The molecule has 0 saturated heterocycles. The van der Waals surface area contributed by atoms with E-state index in [0.29, 0.717) is 20.7 Å². The van der Waals surface area contributed by atoms with Gasteiger partial charge in [-0.25, -0.2) is 0 Å². The van der Waals surface area contributed by atoms with E-state index in [1.165, 1.54) is 5.56 Å². The number of benzene rings is 2. The molecule has 6 heteroatoms. The Hall–Kier alpha value is -1.62. The van der Waals surface area contributed by atoms with Crippen LogP contribution in [0.1, 0.15) is 16.7 Å². The molecule has 2 aromatic carbocycles. The molecular weight excluding hydrogens is 337 g/mol. The van der Waals surface area contributed by atoms with Crippen LogP contribution in [0.5, 0.6) is 0 Å². The molecule has 0 atom stereocenters. The molecule has 0 aliphatic rings. The average molecular weight is 352 g/mol. The summed E-state index contributed by atoms with van der Waals surface area (Å²) in [4.78, 5) is 0. The fraction of sp³-hybridized carbons (Fsp3) is 0.125. The van der Waals surface area contributed by atoms with Crippen LogP contribution < -0.4 is 10.7 Å². The van der Waals surface area contributed by atoms with Gasteiger partial charge in [0.1, 0.15) is 0 Å². The van der Waals surface area contributed by atoms with Crippen molar-refractivity contribution in [1.29, 1.82) is 0 Å². The summed E-state index contributed by atoms with van der Waals surface area (Å²) in [5.74, 6) is 0. The molecule has 0 amide bonds. The Morgan fingerprint density at radius 1 is 1.09 bits per heavy atom. The van der Waals surface area contributed by atoms with E-state index in [0.717, 1.165) is 11.3 Å². The molecule has 0 aromatic heterocycles. The normalized spacial score (nSPS) is 10.7. The van der Waals surface area contributed by atoms with Gasteiger partial charge >= 0.3 is 0 Å². The number of rotatable bonds is 3. The molecule has 2 aromatic rings. The van der Waals surface area contributed by atoms with Gasteiger partial charge in [0.15, 0.2) is 5.11 Å². The van der Waals surface area contributed by atoms with Gasteiger partial charge in [-0.2, -0.15) is 5.10 Å². The summed E-state index contributed by atoms with van der Waals surface area (Å²) in [6, 6.07) is 11.3. The maximum Gasteiger partial charge on any atom is 0.191 e. The molecule has 0 spiro atoms. The van der Waals surface area contributed by atoms with Gasteiger partial charge in [-0.3, -0.25) is 5.43 Å². The van der Waals surface area contributed by atoms with Crippen LogP contribution >= 0.6 is 35.4 Å². The van der Waals surface area contributed by atoms with E-state index in [1.807, 2.05) is 19.1 Å². The Labute approximate surface area is 145 Å². The average Bonchev–Trinajstić information content (AvgIpc) is 2.47. The summed E-state index contributed by atoms with van der Waals surface area (Å²) in [6.07, 6.45) is 1.54. The first-order chi connectivity index (χ1) is 10.5. The second-order valence-corrected chi connectivity index (χ2v) is 5.93. The first kappa shape index (κ1) is 16.7. The van der Waals surface area contributed by atoms with E-state index < -0.39 is 0 Å². The number of anilines is 1. The topological polar surface area (TPSA) is 36.4 Å². The van der Waals surface area contributed by atoms with Crippen molar-refractivity contribution in [3.8, 4) is 0 Å². The summed E-state index contributed by atoms with van der Waals surface area (Å²) in [6.45, 7) is 4.08. The van der Waals surface area contributed by atoms with Crippen molar-refractivity contribution in [2.24, 2.45) is 5.10 Å². The largest absolute Gasteiger partial charge is 0.331 e. The van der Waals surface area contributed by atoms with Crippen LogP contribution in [0, 0.1) is 13.8 Å². The Bertz CT molecular complexity index is 709. The maximum absolute atomic E-state index is 6.06. The number of nitrogens with zero attached hydrogens (tertiary/aromatic N) is 1. The minimum absolute atomic E-state index is 0.396. The van der Waals surface area contributed by atoms with Crippen molar-refractivity contribution in [1.82, 2.24) is 5.43 Å². The zero-order valence-corrected chi connectivity index (χ0v) is 14.5. The third kappa shape index (κ3) is 4.19. The van der Waals surface area contributed by atoms with Crippen LogP contribution in [-0.2, 0) is 0 Å². The highest BCUT2D eigenvalue weighted by atomic mass is 35.5. The molecule has 0 unspecified atom stereocenters. The second kappa shape index (κ2) is 7.58. The smallest absolute Gasteiger partial charge is 0.191 e. The molecule has 0 radical (unpaired) electrons. The van der Waals surface area contributed by atoms with Gasteiger partial charge in [0.05, 0.1) is 16.3 Å². The van der Waals surface area contributed by atoms with Gasteiger partial charge in [0.2, 0.25) is 0 Å². The lowest BCUT2D eigenvalue weighted by atomic mass is 10.1. The lowest BCUT2D eigenvalue weighted by Crippen LogP contribution is -2.24. The van der Waals surface area contributed by atoms with Gasteiger partial charge in [-0.1, -0.05) is 41.4 Å². The predicted octanol–water partition coefficient (Wildman–Crippen LogP) is 4.93. The second-order valence-electron chi connectivity index (χ2n) is 4.71. The zero-order valence-electron chi connectivity index (χ0n) is 12.2. The predicted molar refractivity (Wildman–Crippen MR) is 99.3 cm³/mol. The number of halogens is 2. The third-order valence-corrected chi connectivity index (χ3v) is 4.06. The molecular formula is C16H15Cl2N3S. The third-order valence-electron chi connectivity index (χ3n) is 3.21. The van der Waals surface area contributed by atoms with Crippen LogP contribution in [0.3, 0.4) is 0 Å². The molecule has 0 aliphatic carbocycles. The lowest BCUT2D eigenvalue weighted by Gasteiger charge is -2.11. The van der Waals surface area contributed by atoms with E-state index >= 15 is 0 Å². The van der Waals surface area contributed by atoms with Crippen molar-refractivity contribution in [2.45, 2.75) is 13.8 Å². The molecule has 114 valence electrons. The van der Waals surface area contributed by atoms with Crippen LogP contribution in [0.4, 0.5) is 5.69 Å². The minimum atomic E-state index is 0.396. The molecule has 0 fully saturated rings. The monoisotopic (exact) mass is 351 g/mol. The lowest BCUT2D eigenvalue weighted by molar-refractivity contribution is 1.05. The molecule has 0 saturated carbocycles. The fourth-order valence-electron chi connectivity index (χ4n) is 1.83. The number of aryl methyl sites for hydroxylation is 1. The Kier molecular flexibility index (Phi) is 5.77. The van der Waals surface area contributed by atoms with Crippen molar-refractivity contribution in [3.05, 3.63) is 63.1 Å². The summed E-state index contributed by atoms with van der Waals surface area (Å²) in [7, 11) is 0. The first-order valence-corrected chi connectivity index (χ1v) is 7.75. The number of nitrogens with one attached hydrogen (secondary N) is 2. The maximum atomic E-state index is 6.06. The number of thiocarbonyl (C=S) groups is 1. The van der Waals surface area contributed by atoms with Crippen molar-refractivity contribution in [2.75, 3.05) is 5.32 Å². The summed E-state index contributed by atoms with van der Waals surface area (Å²) >= 11 is 17.3. The quantitative estimate of drug-likeness (QED) is 0.467. The number of hydrogen-bond acceptors (Lipinski definition) is 2. The molecule has 2 rings (SSSR count). The van der Waals surface area contributed by atoms with E-state index in [2.05, 4.69) is 28.8 Å². The van der Waals surface area contributed by atoms with E-state index in [-0.39, 0.29) is 0 Å². The minimum Gasteiger partial charge on any atom is -0.331 e.